The molecule has 3 N–H and O–H groups in total. The van der Waals surface area contributed by atoms with E-state index in [1.807, 2.05) is 0 Å². The van der Waals surface area contributed by atoms with Gasteiger partial charge in [-0.25, -0.2) is 8.78 Å². The number of halogens is 2. The third-order valence-corrected chi connectivity index (χ3v) is 5.64. The van der Waals surface area contributed by atoms with Gasteiger partial charge in [0.15, 0.2) is 0 Å². The van der Waals surface area contributed by atoms with Crippen LogP contribution in [0.15, 0.2) is 0 Å². The predicted molar refractivity (Wildman–Crippen MR) is 92.7 cm³/mol. The number of nitrogens with one attached hydrogen (secondary N) is 2. The molecule has 0 aromatic heterocycles. The Labute approximate surface area is 158 Å². The summed E-state index contributed by atoms with van der Waals surface area (Å²) in [5.41, 5.74) is 0. The maximum Gasteiger partial charge on any atom is 0.248 e. The van der Waals surface area contributed by atoms with Crippen LogP contribution in [0, 0.1) is 0 Å². The molecule has 5 unspecified atom stereocenters. The second-order valence-corrected chi connectivity index (χ2v) is 7.75. The number of ether oxygens (including phenoxy) is 3. The van der Waals surface area contributed by atoms with Gasteiger partial charge in [-0.15, -0.1) is 0 Å². The van der Waals surface area contributed by atoms with E-state index in [1.54, 1.807) is 7.11 Å². The molecule has 3 aliphatic rings. The predicted octanol–water partition coefficient (Wildman–Crippen LogP) is 0.592. The summed E-state index contributed by atoms with van der Waals surface area (Å²) in [4.78, 5) is 11.8. The van der Waals surface area contributed by atoms with Gasteiger partial charge < -0.3 is 30.0 Å². The minimum atomic E-state index is -2.54. The first-order chi connectivity index (χ1) is 12.9. The normalized spacial score (nSPS) is 35.9. The van der Waals surface area contributed by atoms with E-state index in [1.165, 1.54) is 0 Å². The Balaban J connectivity index is 1.37. The smallest absolute Gasteiger partial charge is 0.248 e. The van der Waals surface area contributed by atoms with Crippen molar-refractivity contribution >= 4 is 5.91 Å². The van der Waals surface area contributed by atoms with Gasteiger partial charge in [-0.05, 0) is 12.8 Å². The van der Waals surface area contributed by atoms with Crippen LogP contribution < -0.4 is 10.6 Å². The second kappa shape index (κ2) is 9.09. The summed E-state index contributed by atoms with van der Waals surface area (Å²) in [5.74, 6) is -2.66. The van der Waals surface area contributed by atoms with Gasteiger partial charge >= 0.3 is 0 Å². The molecule has 1 aliphatic carbocycles. The molecular formula is C18H30F2N2O5. The summed E-state index contributed by atoms with van der Waals surface area (Å²) in [6.07, 6.45) is -0.693. The summed E-state index contributed by atoms with van der Waals surface area (Å²) in [6, 6.07) is 0.0327. The fraction of sp³-hybridized carbons (Fsp3) is 0.944. The Morgan fingerprint density at radius 2 is 2.04 bits per heavy atom. The van der Waals surface area contributed by atoms with Crippen LogP contribution in [0.2, 0.25) is 0 Å². The van der Waals surface area contributed by atoms with Crippen molar-refractivity contribution in [2.24, 2.45) is 0 Å². The quantitative estimate of drug-likeness (QED) is 0.524. The van der Waals surface area contributed by atoms with Crippen LogP contribution in [-0.4, -0.2) is 80.3 Å². The van der Waals surface area contributed by atoms with Crippen LogP contribution in [0.4, 0.5) is 8.78 Å². The van der Waals surface area contributed by atoms with Crippen molar-refractivity contribution in [3.63, 3.8) is 0 Å². The van der Waals surface area contributed by atoms with Gasteiger partial charge in [-0.2, -0.15) is 0 Å². The number of methoxy groups -OCH3 is 1. The van der Waals surface area contributed by atoms with Crippen molar-refractivity contribution < 1.29 is 32.9 Å². The lowest BCUT2D eigenvalue weighted by atomic mass is 9.92. The zero-order chi connectivity index (χ0) is 19.4. The van der Waals surface area contributed by atoms with E-state index >= 15 is 0 Å². The van der Waals surface area contributed by atoms with Crippen LogP contribution in [0.25, 0.3) is 0 Å². The van der Waals surface area contributed by atoms with E-state index in [0.29, 0.717) is 39.0 Å². The highest BCUT2D eigenvalue weighted by atomic mass is 19.3. The van der Waals surface area contributed by atoms with Gasteiger partial charge in [0, 0.05) is 45.5 Å². The molecular weight excluding hydrogens is 362 g/mol. The number of hydrogen-bond acceptors (Lipinski definition) is 6. The topological polar surface area (TPSA) is 89.1 Å². The average Bonchev–Trinajstić information content (AvgIpc) is 3.13. The lowest BCUT2D eigenvalue weighted by molar-refractivity contribution is -0.124. The summed E-state index contributed by atoms with van der Waals surface area (Å²) in [7, 11) is 1.57. The number of amides is 1. The van der Waals surface area contributed by atoms with Gasteiger partial charge in [0.2, 0.25) is 11.8 Å². The monoisotopic (exact) mass is 392 g/mol. The maximum atomic E-state index is 13.2. The molecule has 3 rings (SSSR count). The van der Waals surface area contributed by atoms with Crippen LogP contribution >= 0.6 is 0 Å². The molecule has 1 amide bonds. The molecule has 5 atom stereocenters. The molecule has 0 radical (unpaired) electrons. The summed E-state index contributed by atoms with van der Waals surface area (Å²) in [5, 5.41) is 16.5. The fourth-order valence-electron chi connectivity index (χ4n) is 4.11. The Bertz CT molecular complexity index is 500. The van der Waals surface area contributed by atoms with Crippen molar-refractivity contribution in [1.29, 1.82) is 0 Å². The lowest BCUT2D eigenvalue weighted by Gasteiger charge is -2.30. The Morgan fingerprint density at radius 1 is 1.30 bits per heavy atom. The number of carbonyl (C=O) groups excluding carboxylic acids is 1. The molecule has 2 aliphatic heterocycles. The number of hydrogen-bond donors (Lipinski definition) is 3. The molecule has 156 valence electrons. The number of carbonyl (C=O) groups is 1. The van der Waals surface area contributed by atoms with Gasteiger partial charge in [0.1, 0.15) is 12.2 Å². The lowest BCUT2D eigenvalue weighted by Crippen LogP contribution is -2.44. The molecule has 0 aromatic carbocycles. The van der Waals surface area contributed by atoms with E-state index in [9.17, 15) is 18.7 Å². The van der Waals surface area contributed by atoms with Crippen molar-refractivity contribution in [3.8, 4) is 0 Å². The van der Waals surface area contributed by atoms with Crippen LogP contribution in [0.1, 0.15) is 38.5 Å². The first-order valence-corrected chi connectivity index (χ1v) is 9.74. The van der Waals surface area contributed by atoms with E-state index in [4.69, 9.17) is 14.2 Å². The highest BCUT2D eigenvalue weighted by molar-refractivity contribution is 5.76. The molecule has 3 fully saturated rings. The molecule has 1 saturated carbocycles. The van der Waals surface area contributed by atoms with E-state index in [0.717, 1.165) is 0 Å². The second-order valence-electron chi connectivity index (χ2n) is 7.75. The number of aliphatic hydroxyl groups excluding tert-OH is 1. The molecule has 2 saturated heterocycles. The first-order valence-electron chi connectivity index (χ1n) is 9.74. The Hall–Kier alpha value is -0.870. The van der Waals surface area contributed by atoms with Gasteiger partial charge in [0.25, 0.3) is 0 Å². The fourth-order valence-corrected chi connectivity index (χ4v) is 4.11. The number of aliphatic hydroxyl groups is 1. The molecule has 0 bridgehead atoms. The number of alkyl halides is 2. The zero-order valence-electron chi connectivity index (χ0n) is 15.7. The van der Waals surface area contributed by atoms with Gasteiger partial charge in [0.05, 0.1) is 31.3 Å². The highest BCUT2D eigenvalue weighted by Crippen LogP contribution is 2.36. The van der Waals surface area contributed by atoms with Crippen molar-refractivity contribution in [3.05, 3.63) is 0 Å². The summed E-state index contributed by atoms with van der Waals surface area (Å²) >= 11 is 0. The molecule has 0 aromatic rings. The molecule has 7 nitrogen and oxygen atoms in total. The Morgan fingerprint density at radius 3 is 2.70 bits per heavy atom. The third-order valence-electron chi connectivity index (χ3n) is 5.64. The van der Waals surface area contributed by atoms with Crippen LogP contribution in [0.5, 0.6) is 0 Å². The summed E-state index contributed by atoms with van der Waals surface area (Å²) < 4.78 is 43.0. The largest absolute Gasteiger partial charge is 0.388 e. The van der Waals surface area contributed by atoms with E-state index in [-0.39, 0.29) is 43.4 Å². The summed E-state index contributed by atoms with van der Waals surface area (Å²) in [6.45, 7) is 1.32. The molecule has 0 spiro atoms. The van der Waals surface area contributed by atoms with Crippen molar-refractivity contribution in [2.45, 2.75) is 81.0 Å². The minimum absolute atomic E-state index is 0.0327. The maximum absolute atomic E-state index is 13.2. The highest BCUT2D eigenvalue weighted by Gasteiger charge is 2.50. The van der Waals surface area contributed by atoms with Crippen molar-refractivity contribution in [1.82, 2.24) is 10.6 Å². The average molecular weight is 392 g/mol. The molecule has 2 heterocycles. The van der Waals surface area contributed by atoms with Gasteiger partial charge in [-0.1, -0.05) is 0 Å². The van der Waals surface area contributed by atoms with Gasteiger partial charge in [-0.3, -0.25) is 4.79 Å². The van der Waals surface area contributed by atoms with E-state index < -0.39 is 24.2 Å². The van der Waals surface area contributed by atoms with Crippen LogP contribution in [-0.2, 0) is 19.0 Å². The molecule has 9 heteroatoms. The number of rotatable bonds is 8. The SMILES string of the molecule is COCCNC(=O)CC1CC2OC(CNC3CCC(F)(F)CC3)C(O)C2O1. The Kier molecular flexibility index (Phi) is 7.02. The standard InChI is InChI=1S/C18H30F2N2O5/c1-25-7-6-21-15(23)9-12-8-13-17(26-12)16(24)14(27-13)10-22-11-2-4-18(19,20)5-3-11/h11-14,16-17,22,24H,2-10H2,1H3,(H,21,23). The minimum Gasteiger partial charge on any atom is -0.388 e. The van der Waals surface area contributed by atoms with E-state index in [2.05, 4.69) is 10.6 Å². The first kappa shape index (κ1) is 20.9. The molecule has 27 heavy (non-hydrogen) atoms. The van der Waals surface area contributed by atoms with Crippen LogP contribution in [0.3, 0.4) is 0 Å². The van der Waals surface area contributed by atoms with Crippen molar-refractivity contribution in [2.75, 3.05) is 26.8 Å². The number of fused-ring (bicyclic) bond motifs is 1. The third kappa shape index (κ3) is 5.57. The zero-order valence-corrected chi connectivity index (χ0v) is 15.7.